The summed E-state index contributed by atoms with van der Waals surface area (Å²) in [6.45, 7) is 4.08. The molecule has 0 radical (unpaired) electrons. The normalized spacial score (nSPS) is 13.3. The molecule has 0 saturated carbocycles. The SMILES string of the molecule is CCCS(=O)(=O)c1ccc(N(C)CC(C)O)cc1. The van der Waals surface area contributed by atoms with Gasteiger partial charge in [0.15, 0.2) is 9.84 Å². The van der Waals surface area contributed by atoms with E-state index in [4.69, 9.17) is 0 Å². The van der Waals surface area contributed by atoms with E-state index in [0.29, 0.717) is 17.9 Å². The first kappa shape index (κ1) is 15.0. The van der Waals surface area contributed by atoms with Crippen molar-refractivity contribution in [3.8, 4) is 0 Å². The Hall–Kier alpha value is -1.07. The minimum absolute atomic E-state index is 0.176. The highest BCUT2D eigenvalue weighted by Crippen LogP contribution is 2.18. The van der Waals surface area contributed by atoms with Gasteiger partial charge in [-0.25, -0.2) is 8.42 Å². The number of anilines is 1. The van der Waals surface area contributed by atoms with E-state index in [1.807, 2.05) is 18.9 Å². The van der Waals surface area contributed by atoms with Gasteiger partial charge in [0.25, 0.3) is 0 Å². The first-order chi connectivity index (χ1) is 8.36. The first-order valence-electron chi connectivity index (χ1n) is 6.09. The van der Waals surface area contributed by atoms with E-state index in [9.17, 15) is 13.5 Å². The van der Waals surface area contributed by atoms with Crippen LogP contribution >= 0.6 is 0 Å². The van der Waals surface area contributed by atoms with Crippen LogP contribution in [-0.2, 0) is 9.84 Å². The number of aliphatic hydroxyl groups is 1. The Labute approximate surface area is 109 Å². The van der Waals surface area contributed by atoms with Crippen LogP contribution in [0.3, 0.4) is 0 Å². The Kier molecular flexibility index (Phi) is 5.16. The third-order valence-corrected chi connectivity index (χ3v) is 4.58. The molecule has 0 fully saturated rings. The van der Waals surface area contributed by atoms with Crippen LogP contribution in [0.2, 0.25) is 0 Å². The van der Waals surface area contributed by atoms with E-state index in [2.05, 4.69) is 0 Å². The van der Waals surface area contributed by atoms with Crippen molar-refractivity contribution in [2.24, 2.45) is 0 Å². The summed E-state index contributed by atoms with van der Waals surface area (Å²) in [6, 6.07) is 6.79. The highest BCUT2D eigenvalue weighted by atomic mass is 32.2. The molecule has 1 atom stereocenters. The summed E-state index contributed by atoms with van der Waals surface area (Å²) in [4.78, 5) is 2.25. The molecule has 1 N–H and O–H groups in total. The van der Waals surface area contributed by atoms with Gasteiger partial charge in [-0.15, -0.1) is 0 Å². The maximum Gasteiger partial charge on any atom is 0.178 e. The molecule has 102 valence electrons. The highest BCUT2D eigenvalue weighted by molar-refractivity contribution is 7.91. The third-order valence-electron chi connectivity index (χ3n) is 2.65. The molecule has 1 rings (SSSR count). The number of nitrogens with zero attached hydrogens (tertiary/aromatic N) is 1. The minimum atomic E-state index is -3.14. The zero-order valence-electron chi connectivity index (χ0n) is 11.1. The van der Waals surface area contributed by atoms with Gasteiger partial charge in [-0.3, -0.25) is 0 Å². The lowest BCUT2D eigenvalue weighted by Gasteiger charge is -2.21. The van der Waals surface area contributed by atoms with Crippen molar-refractivity contribution in [1.82, 2.24) is 0 Å². The molecule has 1 aromatic carbocycles. The summed E-state index contributed by atoms with van der Waals surface area (Å²) < 4.78 is 23.7. The number of benzene rings is 1. The lowest BCUT2D eigenvalue weighted by molar-refractivity contribution is 0.201. The maximum atomic E-state index is 11.8. The van der Waals surface area contributed by atoms with Gasteiger partial charge in [-0.1, -0.05) is 6.92 Å². The molecular weight excluding hydrogens is 250 g/mol. The van der Waals surface area contributed by atoms with Crippen molar-refractivity contribution in [1.29, 1.82) is 0 Å². The molecule has 0 saturated heterocycles. The average molecular weight is 271 g/mol. The first-order valence-corrected chi connectivity index (χ1v) is 7.74. The maximum absolute atomic E-state index is 11.8. The van der Waals surface area contributed by atoms with Crippen molar-refractivity contribution in [2.75, 3.05) is 24.2 Å². The number of aliphatic hydroxyl groups excluding tert-OH is 1. The molecule has 0 aliphatic heterocycles. The smallest absolute Gasteiger partial charge is 0.178 e. The van der Waals surface area contributed by atoms with Crippen molar-refractivity contribution in [2.45, 2.75) is 31.3 Å². The molecular formula is C13H21NO3S. The standard InChI is InChI=1S/C13H21NO3S/c1-4-9-18(16,17)13-7-5-12(6-8-13)14(3)10-11(2)15/h5-8,11,15H,4,9-10H2,1-3H3. The number of hydrogen-bond acceptors (Lipinski definition) is 4. The fourth-order valence-electron chi connectivity index (χ4n) is 1.80. The minimum Gasteiger partial charge on any atom is -0.392 e. The predicted molar refractivity (Wildman–Crippen MR) is 73.7 cm³/mol. The molecule has 4 nitrogen and oxygen atoms in total. The molecule has 1 aromatic rings. The van der Waals surface area contributed by atoms with Gasteiger partial charge in [0, 0.05) is 19.3 Å². The molecule has 0 aliphatic rings. The zero-order valence-corrected chi connectivity index (χ0v) is 11.9. The zero-order chi connectivity index (χ0) is 13.8. The van der Waals surface area contributed by atoms with Gasteiger partial charge in [-0.05, 0) is 37.6 Å². The van der Waals surface area contributed by atoms with Crippen molar-refractivity contribution < 1.29 is 13.5 Å². The number of sulfone groups is 1. The number of hydrogen-bond donors (Lipinski definition) is 1. The van der Waals surface area contributed by atoms with Crippen molar-refractivity contribution >= 4 is 15.5 Å². The Morgan fingerprint density at radius 2 is 1.83 bits per heavy atom. The summed E-state index contributed by atoms with van der Waals surface area (Å²) in [6.07, 6.45) is 0.199. The van der Waals surface area contributed by atoms with Gasteiger partial charge >= 0.3 is 0 Å². The fourth-order valence-corrected chi connectivity index (χ4v) is 3.12. The van der Waals surface area contributed by atoms with Crippen LogP contribution in [-0.4, -0.2) is 39.0 Å². The van der Waals surface area contributed by atoms with Gasteiger partial charge in [0.2, 0.25) is 0 Å². The molecule has 0 aromatic heterocycles. The summed E-state index contributed by atoms with van der Waals surface area (Å²) >= 11 is 0. The summed E-state index contributed by atoms with van der Waals surface area (Å²) in [7, 11) is -1.28. The van der Waals surface area contributed by atoms with E-state index >= 15 is 0 Å². The monoisotopic (exact) mass is 271 g/mol. The molecule has 0 bridgehead atoms. The van der Waals surface area contributed by atoms with E-state index in [1.165, 1.54) is 0 Å². The van der Waals surface area contributed by atoms with Gasteiger partial charge < -0.3 is 10.0 Å². The molecule has 0 amide bonds. The Balaban J connectivity index is 2.86. The van der Waals surface area contributed by atoms with E-state index in [0.717, 1.165) is 5.69 Å². The van der Waals surface area contributed by atoms with Crippen molar-refractivity contribution in [3.63, 3.8) is 0 Å². The molecule has 18 heavy (non-hydrogen) atoms. The van der Waals surface area contributed by atoms with Crippen LogP contribution in [0.1, 0.15) is 20.3 Å². The Morgan fingerprint density at radius 3 is 2.28 bits per heavy atom. The van der Waals surface area contributed by atoms with Crippen LogP contribution in [0.5, 0.6) is 0 Å². The largest absolute Gasteiger partial charge is 0.392 e. The Bertz CT molecular complexity index is 466. The van der Waals surface area contributed by atoms with E-state index in [-0.39, 0.29) is 5.75 Å². The van der Waals surface area contributed by atoms with Gasteiger partial charge in [0.1, 0.15) is 0 Å². The quantitative estimate of drug-likeness (QED) is 0.855. The molecule has 1 unspecified atom stereocenters. The van der Waals surface area contributed by atoms with Crippen molar-refractivity contribution in [3.05, 3.63) is 24.3 Å². The number of likely N-dealkylation sites (N-methyl/N-ethyl adjacent to an activating group) is 1. The second kappa shape index (κ2) is 6.20. The number of rotatable bonds is 6. The van der Waals surface area contributed by atoms with E-state index in [1.54, 1.807) is 31.2 Å². The second-order valence-corrected chi connectivity index (χ2v) is 6.65. The highest BCUT2D eigenvalue weighted by Gasteiger charge is 2.13. The van der Waals surface area contributed by atoms with Crippen LogP contribution in [0.25, 0.3) is 0 Å². The van der Waals surface area contributed by atoms with E-state index < -0.39 is 15.9 Å². The van der Waals surface area contributed by atoms with Crippen LogP contribution in [0.15, 0.2) is 29.2 Å². The summed E-state index contributed by atoms with van der Waals surface area (Å²) in [5, 5.41) is 9.30. The lowest BCUT2D eigenvalue weighted by Crippen LogP contribution is -2.26. The second-order valence-electron chi connectivity index (χ2n) is 4.54. The summed E-state index contributed by atoms with van der Waals surface area (Å²) in [5.41, 5.74) is 0.895. The van der Waals surface area contributed by atoms with Crippen LogP contribution in [0, 0.1) is 0 Å². The Morgan fingerprint density at radius 1 is 1.28 bits per heavy atom. The molecule has 5 heteroatoms. The molecule has 0 spiro atoms. The van der Waals surface area contributed by atoms with Gasteiger partial charge in [-0.2, -0.15) is 0 Å². The summed E-state index contributed by atoms with van der Waals surface area (Å²) in [5.74, 6) is 0.176. The lowest BCUT2D eigenvalue weighted by atomic mass is 10.3. The third kappa shape index (κ3) is 3.99. The average Bonchev–Trinajstić information content (AvgIpc) is 2.28. The molecule has 0 heterocycles. The fraction of sp³-hybridized carbons (Fsp3) is 0.538. The van der Waals surface area contributed by atoms with Gasteiger partial charge in [0.05, 0.1) is 16.8 Å². The van der Waals surface area contributed by atoms with Crippen LogP contribution in [0.4, 0.5) is 5.69 Å². The predicted octanol–water partition coefficient (Wildman–Crippen LogP) is 1.69. The topological polar surface area (TPSA) is 57.6 Å². The van der Waals surface area contributed by atoms with Crippen LogP contribution < -0.4 is 4.90 Å². The molecule has 0 aliphatic carbocycles.